The molecule has 0 aliphatic carbocycles. The number of nitrogens with zero attached hydrogens (tertiary/aromatic N) is 3. The van der Waals surface area contributed by atoms with Crippen LogP contribution in [-0.2, 0) is 16.0 Å². The minimum absolute atomic E-state index is 0.125. The molecule has 1 aliphatic heterocycles. The number of carbonyl (C=O) groups excluding carboxylic acids is 1. The lowest BCUT2D eigenvalue weighted by atomic mass is 10.1. The molecule has 4 rings (SSSR count). The van der Waals surface area contributed by atoms with Gasteiger partial charge in [0.2, 0.25) is 5.91 Å². The van der Waals surface area contributed by atoms with Crippen molar-refractivity contribution in [2.75, 3.05) is 44.3 Å². The molecule has 1 aliphatic rings. The van der Waals surface area contributed by atoms with Crippen molar-refractivity contribution in [3.8, 4) is 0 Å². The fraction of sp³-hybridized carbons (Fsp3) is 0.364. The number of amides is 1. The molecule has 0 unspecified atom stereocenters. The Hall–Kier alpha value is -1.80. The Balaban J connectivity index is 1.51. The summed E-state index contributed by atoms with van der Waals surface area (Å²) >= 11 is 5.10. The van der Waals surface area contributed by atoms with Gasteiger partial charge in [-0.3, -0.25) is 14.6 Å². The van der Waals surface area contributed by atoms with Crippen LogP contribution in [-0.4, -0.2) is 55.2 Å². The maximum atomic E-state index is 13.2. The normalized spacial score (nSPS) is 14.9. The number of aromatic nitrogens is 1. The lowest BCUT2D eigenvalue weighted by molar-refractivity contribution is -0.118. The fourth-order valence-corrected chi connectivity index (χ4v) is 4.99. The van der Waals surface area contributed by atoms with Gasteiger partial charge in [-0.05, 0) is 30.2 Å². The van der Waals surface area contributed by atoms with Crippen LogP contribution in [0.5, 0.6) is 0 Å². The number of hydrogen-bond donors (Lipinski definition) is 0. The molecule has 1 fully saturated rings. The number of fused-ring (bicyclic) bond motifs is 1. The summed E-state index contributed by atoms with van der Waals surface area (Å²) in [5.41, 5.74) is 2.11. The number of thiazole rings is 1. The monoisotopic (exact) mass is 473 g/mol. The smallest absolute Gasteiger partial charge is 0.229 e. The van der Waals surface area contributed by atoms with Gasteiger partial charge in [0.05, 0.1) is 23.4 Å². The van der Waals surface area contributed by atoms with Crippen LogP contribution >= 0.6 is 27.3 Å². The van der Waals surface area contributed by atoms with Crippen LogP contribution in [0.2, 0.25) is 0 Å². The quantitative estimate of drug-likeness (QED) is 0.511. The molecule has 1 amide bonds. The van der Waals surface area contributed by atoms with Gasteiger partial charge in [-0.2, -0.15) is 0 Å². The standard InChI is InChI=1S/C22H24BrN3O2S/c23-18-7-8-19-20(16-18)29-22(24-19)26(11-10-25-12-14-28-15-13-25)21(27)9-6-17-4-2-1-3-5-17/h1-5,7-8,16H,6,9-15H2. The van der Waals surface area contributed by atoms with Gasteiger partial charge in [0.15, 0.2) is 5.13 Å². The second-order valence-electron chi connectivity index (χ2n) is 7.09. The first-order valence-electron chi connectivity index (χ1n) is 9.89. The zero-order valence-electron chi connectivity index (χ0n) is 16.2. The lowest BCUT2D eigenvalue weighted by Crippen LogP contribution is -2.43. The van der Waals surface area contributed by atoms with E-state index in [4.69, 9.17) is 9.72 Å². The van der Waals surface area contributed by atoms with Crippen LogP contribution < -0.4 is 4.90 Å². The van der Waals surface area contributed by atoms with E-state index in [1.165, 1.54) is 5.56 Å². The highest BCUT2D eigenvalue weighted by Crippen LogP contribution is 2.31. The van der Waals surface area contributed by atoms with Crippen molar-refractivity contribution in [1.29, 1.82) is 0 Å². The van der Waals surface area contributed by atoms with Gasteiger partial charge in [-0.1, -0.05) is 57.6 Å². The highest BCUT2D eigenvalue weighted by atomic mass is 79.9. The third kappa shape index (κ3) is 5.42. The van der Waals surface area contributed by atoms with E-state index in [2.05, 4.69) is 39.0 Å². The van der Waals surface area contributed by atoms with E-state index in [0.717, 1.165) is 59.1 Å². The van der Waals surface area contributed by atoms with Gasteiger partial charge in [0.25, 0.3) is 0 Å². The summed E-state index contributed by atoms with van der Waals surface area (Å²) in [6.07, 6.45) is 1.22. The van der Waals surface area contributed by atoms with Crippen molar-refractivity contribution in [3.63, 3.8) is 0 Å². The van der Waals surface area contributed by atoms with Crippen LogP contribution in [0.25, 0.3) is 10.2 Å². The molecule has 7 heteroatoms. The molecule has 1 saturated heterocycles. The van der Waals surface area contributed by atoms with E-state index >= 15 is 0 Å². The molecule has 0 N–H and O–H groups in total. The van der Waals surface area contributed by atoms with Gasteiger partial charge in [-0.25, -0.2) is 4.98 Å². The van der Waals surface area contributed by atoms with Crippen molar-refractivity contribution >= 4 is 48.5 Å². The summed E-state index contributed by atoms with van der Waals surface area (Å²) < 4.78 is 7.55. The average molecular weight is 474 g/mol. The van der Waals surface area contributed by atoms with Crippen LogP contribution in [0.15, 0.2) is 53.0 Å². The summed E-state index contributed by atoms with van der Waals surface area (Å²) in [5, 5.41) is 0.782. The molecule has 2 heterocycles. The van der Waals surface area contributed by atoms with E-state index < -0.39 is 0 Å². The zero-order valence-corrected chi connectivity index (χ0v) is 18.6. The van der Waals surface area contributed by atoms with E-state index in [1.807, 2.05) is 35.2 Å². The van der Waals surface area contributed by atoms with E-state index in [-0.39, 0.29) is 5.91 Å². The number of hydrogen-bond acceptors (Lipinski definition) is 5. The largest absolute Gasteiger partial charge is 0.379 e. The van der Waals surface area contributed by atoms with E-state index in [0.29, 0.717) is 13.0 Å². The number of rotatable bonds is 7. The number of benzene rings is 2. The molecule has 29 heavy (non-hydrogen) atoms. The number of morpholine rings is 1. The van der Waals surface area contributed by atoms with Crippen molar-refractivity contribution in [3.05, 3.63) is 58.6 Å². The molecule has 2 aromatic carbocycles. The Bertz CT molecular complexity index is 957. The third-order valence-corrected chi connectivity index (χ3v) is 6.62. The summed E-state index contributed by atoms with van der Waals surface area (Å²) in [6.45, 7) is 4.83. The second-order valence-corrected chi connectivity index (χ2v) is 9.02. The highest BCUT2D eigenvalue weighted by Gasteiger charge is 2.21. The molecular weight excluding hydrogens is 450 g/mol. The zero-order chi connectivity index (χ0) is 20.1. The molecule has 0 radical (unpaired) electrons. The molecule has 152 valence electrons. The Morgan fingerprint density at radius 3 is 2.76 bits per heavy atom. The molecular formula is C22H24BrN3O2S. The van der Waals surface area contributed by atoms with Crippen molar-refractivity contribution < 1.29 is 9.53 Å². The Labute approximate surface area is 183 Å². The molecule has 1 aromatic heterocycles. The Morgan fingerprint density at radius 2 is 1.97 bits per heavy atom. The van der Waals surface area contributed by atoms with Gasteiger partial charge >= 0.3 is 0 Å². The SMILES string of the molecule is O=C(CCc1ccccc1)N(CCN1CCOCC1)c1nc2ccc(Br)cc2s1. The average Bonchev–Trinajstić information content (AvgIpc) is 3.16. The van der Waals surface area contributed by atoms with Crippen LogP contribution in [0.4, 0.5) is 5.13 Å². The predicted molar refractivity (Wildman–Crippen MR) is 122 cm³/mol. The fourth-order valence-electron chi connectivity index (χ4n) is 3.43. The highest BCUT2D eigenvalue weighted by molar-refractivity contribution is 9.10. The first-order chi connectivity index (χ1) is 14.2. The topological polar surface area (TPSA) is 45.7 Å². The summed E-state index contributed by atoms with van der Waals surface area (Å²) in [4.78, 5) is 22.2. The predicted octanol–water partition coefficient (Wildman–Crippen LogP) is 4.36. The van der Waals surface area contributed by atoms with Gasteiger partial charge in [0.1, 0.15) is 0 Å². The van der Waals surface area contributed by atoms with Gasteiger partial charge < -0.3 is 4.74 Å². The molecule has 0 atom stereocenters. The maximum absolute atomic E-state index is 13.2. The molecule has 0 bridgehead atoms. The summed E-state index contributed by atoms with van der Waals surface area (Å²) in [6, 6.07) is 16.2. The van der Waals surface area contributed by atoms with Gasteiger partial charge in [-0.15, -0.1) is 0 Å². The number of halogens is 1. The van der Waals surface area contributed by atoms with Crippen LogP contribution in [0.1, 0.15) is 12.0 Å². The molecule has 3 aromatic rings. The summed E-state index contributed by atoms with van der Waals surface area (Å²) in [7, 11) is 0. The van der Waals surface area contributed by atoms with Crippen molar-refractivity contribution in [2.24, 2.45) is 0 Å². The minimum atomic E-state index is 0.125. The number of carbonyl (C=O) groups is 1. The molecule has 5 nitrogen and oxygen atoms in total. The first-order valence-corrected chi connectivity index (χ1v) is 11.5. The van der Waals surface area contributed by atoms with E-state index in [1.54, 1.807) is 11.3 Å². The van der Waals surface area contributed by atoms with Crippen molar-refractivity contribution in [1.82, 2.24) is 9.88 Å². The molecule has 0 saturated carbocycles. The number of ether oxygens (including phenoxy) is 1. The number of anilines is 1. The van der Waals surface area contributed by atoms with Crippen LogP contribution in [0, 0.1) is 0 Å². The maximum Gasteiger partial charge on any atom is 0.229 e. The second kappa shape index (κ2) is 9.80. The van der Waals surface area contributed by atoms with Crippen molar-refractivity contribution in [2.45, 2.75) is 12.8 Å². The van der Waals surface area contributed by atoms with Gasteiger partial charge in [0, 0.05) is 37.1 Å². The number of aryl methyl sites for hydroxylation is 1. The Morgan fingerprint density at radius 1 is 1.17 bits per heavy atom. The first kappa shape index (κ1) is 20.5. The summed E-state index contributed by atoms with van der Waals surface area (Å²) in [5.74, 6) is 0.125. The Kier molecular flexibility index (Phi) is 6.92. The van der Waals surface area contributed by atoms with Crippen LogP contribution in [0.3, 0.4) is 0 Å². The van der Waals surface area contributed by atoms with E-state index in [9.17, 15) is 4.79 Å². The third-order valence-electron chi connectivity index (χ3n) is 5.09. The lowest BCUT2D eigenvalue weighted by Gasteiger charge is -2.29. The minimum Gasteiger partial charge on any atom is -0.379 e. The molecule has 0 spiro atoms.